The van der Waals surface area contributed by atoms with Gasteiger partial charge in [0.05, 0.1) is 15.2 Å². The normalized spacial score (nSPS) is 24.3. The Labute approximate surface area is 178 Å². The number of carbonyl (C=O) groups is 1. The number of rotatable bonds is 5. The molecule has 2 aromatic rings. The quantitative estimate of drug-likeness (QED) is 0.754. The summed E-state index contributed by atoms with van der Waals surface area (Å²) in [6.07, 6.45) is 8.73. The summed E-state index contributed by atoms with van der Waals surface area (Å²) >= 11 is 1.80. The van der Waals surface area contributed by atoms with Gasteiger partial charge in [-0.2, -0.15) is 0 Å². The molecule has 0 radical (unpaired) electrons. The minimum absolute atomic E-state index is 0. The second kappa shape index (κ2) is 9.10. The van der Waals surface area contributed by atoms with Gasteiger partial charge in [0.1, 0.15) is 0 Å². The summed E-state index contributed by atoms with van der Waals surface area (Å²) in [7, 11) is 0. The van der Waals surface area contributed by atoms with Crippen LogP contribution in [0.3, 0.4) is 0 Å². The molecular weight excluding hydrogens is 390 g/mol. The standard InChI is InChI=1S/C22H31N3OS.ClH/c1-16-11-17(14-23)15-25(16)21(26)13-22(9-5-2-6-10-22)12-20-24-18-7-3-4-8-19(18)27-20;/h3-4,7-8,16-17H,2,5-6,9-15,23H2,1H3;1H. The first-order valence-corrected chi connectivity index (χ1v) is 11.2. The number of amides is 1. The van der Waals surface area contributed by atoms with Crippen LogP contribution < -0.4 is 5.73 Å². The van der Waals surface area contributed by atoms with E-state index in [1.807, 2.05) is 6.07 Å². The van der Waals surface area contributed by atoms with Crippen molar-refractivity contribution in [2.24, 2.45) is 17.1 Å². The predicted molar refractivity (Wildman–Crippen MR) is 119 cm³/mol. The summed E-state index contributed by atoms with van der Waals surface area (Å²) in [4.78, 5) is 20.2. The number of fused-ring (bicyclic) bond motifs is 1. The second-order valence-electron chi connectivity index (χ2n) is 8.72. The van der Waals surface area contributed by atoms with Crippen LogP contribution in [0, 0.1) is 11.3 Å². The molecule has 28 heavy (non-hydrogen) atoms. The second-order valence-corrected chi connectivity index (χ2v) is 9.84. The number of benzene rings is 1. The molecule has 2 fully saturated rings. The first-order chi connectivity index (χ1) is 13.1. The van der Waals surface area contributed by atoms with E-state index in [0.29, 0.717) is 30.8 Å². The maximum atomic E-state index is 13.2. The van der Waals surface area contributed by atoms with Gasteiger partial charge in [0, 0.05) is 25.4 Å². The molecule has 2 unspecified atom stereocenters. The Morgan fingerprint density at radius 3 is 2.71 bits per heavy atom. The van der Waals surface area contributed by atoms with Crippen LogP contribution in [0.4, 0.5) is 0 Å². The Morgan fingerprint density at radius 2 is 2.04 bits per heavy atom. The highest BCUT2D eigenvalue weighted by Gasteiger charge is 2.39. The molecule has 1 aromatic heterocycles. The number of thiazole rings is 1. The van der Waals surface area contributed by atoms with Gasteiger partial charge < -0.3 is 10.6 Å². The zero-order chi connectivity index (χ0) is 18.9. The Hall–Kier alpha value is -1.17. The predicted octanol–water partition coefficient (Wildman–Crippen LogP) is 4.80. The Morgan fingerprint density at radius 1 is 1.29 bits per heavy atom. The lowest BCUT2D eigenvalue weighted by Crippen LogP contribution is -2.40. The highest BCUT2D eigenvalue weighted by molar-refractivity contribution is 7.18. The first kappa shape index (κ1) is 21.5. The lowest BCUT2D eigenvalue weighted by molar-refractivity contribution is -0.135. The van der Waals surface area contributed by atoms with Crippen molar-refractivity contribution in [2.45, 2.75) is 64.3 Å². The number of hydrogen-bond acceptors (Lipinski definition) is 4. The fourth-order valence-electron chi connectivity index (χ4n) is 5.12. The number of hydrogen-bond donors (Lipinski definition) is 1. The number of likely N-dealkylation sites (tertiary alicyclic amines) is 1. The average Bonchev–Trinajstić information content (AvgIpc) is 3.24. The largest absolute Gasteiger partial charge is 0.340 e. The lowest BCUT2D eigenvalue weighted by atomic mass is 9.69. The summed E-state index contributed by atoms with van der Waals surface area (Å²) in [5.74, 6) is 0.803. The molecule has 2 atom stereocenters. The zero-order valence-electron chi connectivity index (χ0n) is 16.7. The van der Waals surface area contributed by atoms with E-state index in [1.54, 1.807) is 11.3 Å². The number of para-hydroxylation sites is 1. The number of nitrogens with zero attached hydrogens (tertiary/aromatic N) is 2. The topological polar surface area (TPSA) is 59.2 Å². The van der Waals surface area contributed by atoms with Crippen LogP contribution in [0.25, 0.3) is 10.2 Å². The molecule has 2 aliphatic rings. The molecule has 1 amide bonds. The van der Waals surface area contributed by atoms with Crippen molar-refractivity contribution in [1.29, 1.82) is 0 Å². The number of nitrogens with two attached hydrogens (primary N) is 1. The van der Waals surface area contributed by atoms with Crippen molar-refractivity contribution in [2.75, 3.05) is 13.1 Å². The maximum absolute atomic E-state index is 13.2. The van der Waals surface area contributed by atoms with Gasteiger partial charge in [0.2, 0.25) is 5.91 Å². The van der Waals surface area contributed by atoms with Crippen molar-refractivity contribution in [3.05, 3.63) is 29.3 Å². The molecule has 1 aromatic carbocycles. The average molecular weight is 422 g/mol. The number of halogens is 1. The van der Waals surface area contributed by atoms with Gasteiger partial charge in [-0.3, -0.25) is 4.79 Å². The van der Waals surface area contributed by atoms with Gasteiger partial charge in [-0.05, 0) is 56.2 Å². The Bertz CT molecular complexity index is 769. The zero-order valence-corrected chi connectivity index (χ0v) is 18.4. The van der Waals surface area contributed by atoms with Gasteiger partial charge in [-0.1, -0.05) is 31.4 Å². The molecule has 4 rings (SSSR count). The summed E-state index contributed by atoms with van der Waals surface area (Å²) in [5, 5.41) is 1.19. The van der Waals surface area contributed by atoms with Crippen molar-refractivity contribution < 1.29 is 4.79 Å². The summed E-state index contributed by atoms with van der Waals surface area (Å²) < 4.78 is 1.25. The van der Waals surface area contributed by atoms with E-state index in [4.69, 9.17) is 10.7 Å². The molecule has 0 spiro atoms. The van der Waals surface area contributed by atoms with E-state index in [2.05, 4.69) is 30.0 Å². The van der Waals surface area contributed by atoms with Crippen LogP contribution in [0.1, 0.15) is 56.9 Å². The highest BCUT2D eigenvalue weighted by atomic mass is 35.5. The molecule has 1 aliphatic carbocycles. The number of carbonyl (C=O) groups excluding carboxylic acids is 1. The van der Waals surface area contributed by atoms with E-state index >= 15 is 0 Å². The molecule has 1 saturated carbocycles. The fourth-order valence-corrected chi connectivity index (χ4v) is 6.26. The van der Waals surface area contributed by atoms with Gasteiger partial charge in [0.15, 0.2) is 0 Å². The molecule has 4 nitrogen and oxygen atoms in total. The third-order valence-electron chi connectivity index (χ3n) is 6.62. The smallest absolute Gasteiger partial charge is 0.223 e. The number of aromatic nitrogens is 1. The van der Waals surface area contributed by atoms with Crippen LogP contribution >= 0.6 is 23.7 Å². The maximum Gasteiger partial charge on any atom is 0.223 e. The monoisotopic (exact) mass is 421 g/mol. The minimum Gasteiger partial charge on any atom is -0.340 e. The third kappa shape index (κ3) is 4.52. The SMILES string of the molecule is CC1CC(CN)CN1C(=O)CC1(Cc2nc3ccccc3s2)CCCCC1.Cl. The van der Waals surface area contributed by atoms with Crippen LogP contribution in [-0.4, -0.2) is 34.9 Å². The van der Waals surface area contributed by atoms with Gasteiger partial charge in [-0.15, -0.1) is 23.7 Å². The highest BCUT2D eigenvalue weighted by Crippen LogP contribution is 2.44. The van der Waals surface area contributed by atoms with Crippen molar-refractivity contribution in [3.8, 4) is 0 Å². The van der Waals surface area contributed by atoms with Crippen LogP contribution in [0.2, 0.25) is 0 Å². The van der Waals surface area contributed by atoms with E-state index in [1.165, 1.54) is 29.0 Å². The van der Waals surface area contributed by atoms with Gasteiger partial charge >= 0.3 is 0 Å². The molecule has 1 aliphatic heterocycles. The van der Waals surface area contributed by atoms with Crippen LogP contribution in [0.5, 0.6) is 0 Å². The lowest BCUT2D eigenvalue weighted by Gasteiger charge is -2.38. The van der Waals surface area contributed by atoms with E-state index in [9.17, 15) is 4.79 Å². The fraction of sp³-hybridized carbons (Fsp3) is 0.636. The van der Waals surface area contributed by atoms with Gasteiger partial charge in [0.25, 0.3) is 0 Å². The Balaban J connectivity index is 0.00000225. The Kier molecular flexibility index (Phi) is 7.00. The molecule has 2 heterocycles. The summed E-state index contributed by atoms with van der Waals surface area (Å²) in [5.41, 5.74) is 7.04. The minimum atomic E-state index is 0. The van der Waals surface area contributed by atoms with E-state index < -0.39 is 0 Å². The summed E-state index contributed by atoms with van der Waals surface area (Å²) in [6, 6.07) is 8.69. The third-order valence-corrected chi connectivity index (χ3v) is 7.66. The van der Waals surface area contributed by atoms with E-state index in [-0.39, 0.29) is 17.8 Å². The molecule has 0 bridgehead atoms. The molecule has 2 N–H and O–H groups in total. The van der Waals surface area contributed by atoms with Crippen molar-refractivity contribution in [1.82, 2.24) is 9.88 Å². The molecule has 6 heteroatoms. The first-order valence-electron chi connectivity index (χ1n) is 10.4. The summed E-state index contributed by atoms with van der Waals surface area (Å²) in [6.45, 7) is 3.70. The van der Waals surface area contributed by atoms with Crippen LogP contribution in [0.15, 0.2) is 24.3 Å². The molecular formula is C22H32ClN3OS. The van der Waals surface area contributed by atoms with Gasteiger partial charge in [-0.25, -0.2) is 4.98 Å². The van der Waals surface area contributed by atoms with Crippen molar-refractivity contribution >= 4 is 39.9 Å². The van der Waals surface area contributed by atoms with Crippen LogP contribution in [-0.2, 0) is 11.2 Å². The van der Waals surface area contributed by atoms with E-state index in [0.717, 1.165) is 37.7 Å². The molecule has 1 saturated heterocycles. The van der Waals surface area contributed by atoms with Crippen molar-refractivity contribution in [3.63, 3.8) is 0 Å². The molecule has 154 valence electrons.